The van der Waals surface area contributed by atoms with Gasteiger partial charge in [0.1, 0.15) is 29.6 Å². The predicted molar refractivity (Wildman–Crippen MR) is 262 cm³/mol. The molecule has 3 aromatic carbocycles. The molecular weight excluding hydrogens is 899 g/mol. The first-order valence-electron chi connectivity index (χ1n) is 23.9. The van der Waals surface area contributed by atoms with Crippen LogP contribution >= 0.6 is 0 Å². The Hall–Kier alpha value is -6.04. The van der Waals surface area contributed by atoms with E-state index >= 15 is 8.42 Å². The van der Waals surface area contributed by atoms with Crippen LogP contribution in [0.25, 0.3) is 10.9 Å². The highest BCUT2D eigenvalue weighted by Crippen LogP contribution is 2.62. The third-order valence-electron chi connectivity index (χ3n) is 13.5. The van der Waals surface area contributed by atoms with E-state index in [2.05, 4.69) is 22.6 Å². The number of sulfonamides is 1. The standard InChI is InChI=1S/C53H61N5O10S/c1-4-27-57(69(63,64)48-19-11-15-38-16-12-26-54-52(38)48)49-33-46(56-67-34-37-20-22-41(23-21-37)58(61)62)44-31-39(14-6-8-28-59)43(18-7-9-29-60)50-45-32-42(65-35-40-17-10-13-36(3)55-40)24-25-47(45)68-53(49,51(44)50)66-30-5-2/h5,10-13,15-17,19-26,31-32,39,43,49-51,59-60H,2,4,6-9,14,18,27-30,33-35H2,1,3H3. The first-order valence-corrected chi connectivity index (χ1v) is 25.3. The Morgan fingerprint density at radius 2 is 1.75 bits per heavy atom. The van der Waals surface area contributed by atoms with E-state index in [1.165, 1.54) is 16.4 Å². The second-order valence-corrected chi connectivity index (χ2v) is 19.8. The topological polar surface area (TPSA) is 196 Å². The summed E-state index contributed by atoms with van der Waals surface area (Å²) in [6.45, 7) is 8.33. The van der Waals surface area contributed by atoms with Crippen molar-refractivity contribution in [2.24, 2.45) is 22.9 Å². The lowest BCUT2D eigenvalue weighted by molar-refractivity contribution is -0.384. The third-order valence-corrected chi connectivity index (χ3v) is 15.4. The molecule has 3 heterocycles. The zero-order valence-corrected chi connectivity index (χ0v) is 40.0. The van der Waals surface area contributed by atoms with Crippen molar-refractivity contribution in [1.82, 2.24) is 14.3 Å². The molecule has 1 saturated carbocycles. The molecular formula is C53H61N5O10S. The van der Waals surface area contributed by atoms with Crippen LogP contribution in [0.1, 0.15) is 86.7 Å². The normalized spacial score (nSPS) is 22.4. The maximum atomic E-state index is 15.6. The minimum Gasteiger partial charge on any atom is -0.487 e. The number of nitro benzene ring substituents is 1. The van der Waals surface area contributed by atoms with Crippen molar-refractivity contribution in [3.8, 4) is 11.5 Å². The summed E-state index contributed by atoms with van der Waals surface area (Å²) in [6.07, 6.45) is 10.1. The van der Waals surface area contributed by atoms with Crippen molar-refractivity contribution in [1.29, 1.82) is 0 Å². The van der Waals surface area contributed by atoms with Gasteiger partial charge < -0.3 is 29.3 Å². The van der Waals surface area contributed by atoms with Crippen molar-refractivity contribution in [3.63, 3.8) is 0 Å². The highest BCUT2D eigenvalue weighted by atomic mass is 32.2. The molecule has 364 valence electrons. The van der Waals surface area contributed by atoms with Crippen LogP contribution in [-0.4, -0.2) is 81.7 Å². The Morgan fingerprint density at radius 1 is 0.986 bits per heavy atom. The molecule has 6 atom stereocenters. The van der Waals surface area contributed by atoms with E-state index in [0.717, 1.165) is 48.2 Å². The molecule has 5 aromatic rings. The van der Waals surface area contributed by atoms with Gasteiger partial charge in [-0.25, -0.2) is 8.42 Å². The number of hydrogen-bond donors (Lipinski definition) is 2. The number of benzene rings is 3. The lowest BCUT2D eigenvalue weighted by atomic mass is 9.55. The fourth-order valence-corrected chi connectivity index (χ4v) is 12.4. The van der Waals surface area contributed by atoms with Crippen molar-refractivity contribution in [3.05, 3.63) is 154 Å². The van der Waals surface area contributed by atoms with Crippen LogP contribution in [0.3, 0.4) is 0 Å². The number of aryl methyl sites for hydroxylation is 1. The van der Waals surface area contributed by atoms with Crippen LogP contribution in [0.5, 0.6) is 11.5 Å². The van der Waals surface area contributed by atoms with E-state index in [1.807, 2.05) is 62.4 Å². The molecule has 0 spiro atoms. The maximum Gasteiger partial charge on any atom is 0.269 e. The second kappa shape index (κ2) is 22.1. The van der Waals surface area contributed by atoms with E-state index in [0.29, 0.717) is 52.9 Å². The van der Waals surface area contributed by atoms with Crippen molar-refractivity contribution in [2.45, 2.75) is 101 Å². The minimum atomic E-state index is -4.37. The van der Waals surface area contributed by atoms with E-state index in [1.54, 1.807) is 42.6 Å². The number of nitro groups is 1. The number of aliphatic hydroxyl groups excluding tert-OH is 2. The number of unbranched alkanes of at least 4 members (excludes halogenated alkanes) is 2. The number of oxime groups is 1. The quantitative estimate of drug-likeness (QED) is 0.0273. The summed E-state index contributed by atoms with van der Waals surface area (Å²) in [6, 6.07) is 25.4. The van der Waals surface area contributed by atoms with Gasteiger partial charge in [0.05, 0.1) is 40.4 Å². The van der Waals surface area contributed by atoms with E-state index in [-0.39, 0.29) is 74.3 Å². The fraction of sp³-hybridized carbons (Fsp3) is 0.415. The molecule has 8 rings (SSSR count). The van der Waals surface area contributed by atoms with Gasteiger partial charge >= 0.3 is 0 Å². The summed E-state index contributed by atoms with van der Waals surface area (Å²) < 4.78 is 53.8. The van der Waals surface area contributed by atoms with Gasteiger partial charge in [0.2, 0.25) is 15.8 Å². The highest BCUT2D eigenvalue weighted by molar-refractivity contribution is 7.89. The van der Waals surface area contributed by atoms with Gasteiger partial charge in [-0.05, 0) is 117 Å². The number of rotatable bonds is 23. The second-order valence-electron chi connectivity index (χ2n) is 18.0. The first-order chi connectivity index (χ1) is 33.5. The van der Waals surface area contributed by atoms with Crippen molar-refractivity contribution >= 4 is 32.3 Å². The summed E-state index contributed by atoms with van der Waals surface area (Å²) in [5.74, 6) is -1.62. The SMILES string of the molecule is C=CCOC12Oc3ccc(OCc4cccc(C)n4)cc3C3C(CCCCO)C(CCCCO)C=C(C(=NOCc4ccc([N+](=O)[O-])cc4)CC1N(CCC)S(=O)(=O)c1cccc4cccnc14)C32. The summed E-state index contributed by atoms with van der Waals surface area (Å²) in [7, 11) is -4.37. The molecule has 69 heavy (non-hydrogen) atoms. The highest BCUT2D eigenvalue weighted by Gasteiger charge is 2.66. The number of hydrogen-bond acceptors (Lipinski definition) is 13. The van der Waals surface area contributed by atoms with Gasteiger partial charge in [-0.2, -0.15) is 4.31 Å². The molecule has 3 aliphatic rings. The molecule has 0 bridgehead atoms. The molecule has 15 nitrogen and oxygen atoms in total. The number of para-hydroxylation sites is 1. The van der Waals surface area contributed by atoms with Crippen LogP contribution in [0, 0.1) is 34.8 Å². The summed E-state index contributed by atoms with van der Waals surface area (Å²) in [5.41, 5.74) is 4.80. The Labute approximate surface area is 403 Å². The number of fused-ring (bicyclic) bond motifs is 3. The van der Waals surface area contributed by atoms with Crippen LogP contribution < -0.4 is 9.47 Å². The molecule has 0 radical (unpaired) electrons. The van der Waals surface area contributed by atoms with E-state index < -0.39 is 32.7 Å². The monoisotopic (exact) mass is 959 g/mol. The Bertz CT molecular complexity index is 2780. The predicted octanol–water partition coefficient (Wildman–Crippen LogP) is 9.36. The van der Waals surface area contributed by atoms with Crippen LogP contribution in [0.2, 0.25) is 0 Å². The average Bonchev–Trinajstić information content (AvgIpc) is 3.35. The smallest absolute Gasteiger partial charge is 0.269 e. The van der Waals surface area contributed by atoms with Crippen LogP contribution in [-0.2, 0) is 32.8 Å². The number of nitrogens with zero attached hydrogens (tertiary/aromatic N) is 5. The van der Waals surface area contributed by atoms with Gasteiger partial charge in [0, 0.05) is 67.1 Å². The number of aromatic nitrogens is 2. The molecule has 6 unspecified atom stereocenters. The molecule has 16 heteroatoms. The first kappa shape index (κ1) is 49.4. The summed E-state index contributed by atoms with van der Waals surface area (Å²) in [4.78, 5) is 26.4. The van der Waals surface area contributed by atoms with E-state index in [4.69, 9.17) is 24.2 Å². The Morgan fingerprint density at radius 3 is 2.49 bits per heavy atom. The molecule has 2 aromatic heterocycles. The Kier molecular flexibility index (Phi) is 15.9. The fourth-order valence-electron chi connectivity index (χ4n) is 10.5. The van der Waals surface area contributed by atoms with E-state index in [9.17, 15) is 20.3 Å². The van der Waals surface area contributed by atoms with Gasteiger partial charge in [0.25, 0.3) is 5.69 Å². The molecule has 2 aliphatic carbocycles. The molecule has 1 fully saturated rings. The van der Waals surface area contributed by atoms with Crippen molar-refractivity contribution in [2.75, 3.05) is 26.4 Å². The number of non-ortho nitro benzene ring substituents is 1. The number of aliphatic hydroxyl groups is 2. The Balaban J connectivity index is 1.34. The zero-order chi connectivity index (χ0) is 48.5. The van der Waals surface area contributed by atoms with Crippen LogP contribution in [0.4, 0.5) is 5.69 Å². The summed E-state index contributed by atoms with van der Waals surface area (Å²) in [5, 5.41) is 37.0. The third kappa shape index (κ3) is 10.5. The number of ether oxygens (including phenoxy) is 3. The molecule has 1 aliphatic heterocycles. The summed E-state index contributed by atoms with van der Waals surface area (Å²) >= 11 is 0. The lowest BCUT2D eigenvalue weighted by Crippen LogP contribution is -2.70. The lowest BCUT2D eigenvalue weighted by Gasteiger charge is -2.59. The van der Waals surface area contributed by atoms with Crippen molar-refractivity contribution < 1.29 is 42.6 Å². The van der Waals surface area contributed by atoms with Gasteiger partial charge in [0.15, 0.2) is 0 Å². The van der Waals surface area contributed by atoms with Gasteiger partial charge in [-0.1, -0.05) is 61.3 Å². The zero-order valence-electron chi connectivity index (χ0n) is 39.2. The number of pyridine rings is 2. The van der Waals surface area contributed by atoms with Crippen LogP contribution in [0.15, 0.2) is 132 Å². The minimum absolute atomic E-state index is 0.0101. The van der Waals surface area contributed by atoms with Gasteiger partial charge in [-0.3, -0.25) is 20.1 Å². The molecule has 0 amide bonds. The largest absolute Gasteiger partial charge is 0.487 e. The molecule has 2 N–H and O–H groups in total. The van der Waals surface area contributed by atoms with Gasteiger partial charge in [-0.15, -0.1) is 6.58 Å². The number of allylic oxidation sites excluding steroid dienone is 1. The maximum absolute atomic E-state index is 15.6. The average molecular weight is 960 g/mol. The molecule has 0 saturated heterocycles.